The lowest BCUT2D eigenvalue weighted by atomic mass is 9.93. The van der Waals surface area contributed by atoms with E-state index in [0.717, 1.165) is 23.4 Å². The Balaban J connectivity index is 2.35. The lowest BCUT2D eigenvalue weighted by molar-refractivity contribution is 0.477. The first-order chi connectivity index (χ1) is 7.77. The van der Waals surface area contributed by atoms with Crippen LogP contribution in [0.25, 0.3) is 11.1 Å². The van der Waals surface area contributed by atoms with Gasteiger partial charge in [0.15, 0.2) is 0 Å². The number of phenols is 1. The molecule has 2 aromatic carbocycles. The van der Waals surface area contributed by atoms with Crippen molar-refractivity contribution in [2.75, 3.05) is 11.9 Å². The number of benzene rings is 2. The molecule has 0 atom stereocenters. The lowest BCUT2D eigenvalue weighted by Crippen LogP contribution is -2.21. The number of nitrogens with zero attached hydrogens (tertiary/aromatic N) is 1. The van der Waals surface area contributed by atoms with Gasteiger partial charge < -0.3 is 10.0 Å². The average molecular weight is 211 g/mol. The fraction of sp³-hybridized carbons (Fsp3) is 0.143. The predicted octanol–water partition coefficient (Wildman–Crippen LogP) is 3.01. The van der Waals surface area contributed by atoms with Gasteiger partial charge in [0.1, 0.15) is 5.75 Å². The van der Waals surface area contributed by atoms with Crippen LogP contribution < -0.4 is 4.90 Å². The van der Waals surface area contributed by atoms with Crippen LogP contribution in [0.3, 0.4) is 0 Å². The Morgan fingerprint density at radius 2 is 1.88 bits per heavy atom. The van der Waals surface area contributed by atoms with Crippen molar-refractivity contribution in [3.8, 4) is 16.9 Å². The van der Waals surface area contributed by atoms with Crippen molar-refractivity contribution < 1.29 is 5.11 Å². The topological polar surface area (TPSA) is 23.5 Å². The van der Waals surface area contributed by atoms with Gasteiger partial charge in [-0.3, -0.25) is 0 Å². The molecule has 80 valence electrons. The normalized spacial score (nSPS) is 13.2. The third kappa shape index (κ3) is 1.20. The molecule has 0 saturated carbocycles. The van der Waals surface area contributed by atoms with Crippen LogP contribution in [-0.4, -0.2) is 12.2 Å². The highest BCUT2D eigenvalue weighted by molar-refractivity contribution is 5.87. The minimum Gasteiger partial charge on any atom is -0.507 e. The van der Waals surface area contributed by atoms with E-state index in [1.807, 2.05) is 31.3 Å². The quantitative estimate of drug-likeness (QED) is 0.724. The van der Waals surface area contributed by atoms with Crippen LogP contribution in [0.2, 0.25) is 0 Å². The molecule has 1 aliphatic rings. The van der Waals surface area contributed by atoms with Crippen molar-refractivity contribution in [2.24, 2.45) is 0 Å². The summed E-state index contributed by atoms with van der Waals surface area (Å²) in [4.78, 5) is 2.16. The van der Waals surface area contributed by atoms with Crippen molar-refractivity contribution in [3.05, 3.63) is 48.0 Å². The van der Waals surface area contributed by atoms with Gasteiger partial charge in [-0.1, -0.05) is 30.3 Å². The highest BCUT2D eigenvalue weighted by atomic mass is 16.3. The maximum atomic E-state index is 9.99. The molecule has 0 saturated heterocycles. The molecule has 16 heavy (non-hydrogen) atoms. The second kappa shape index (κ2) is 3.27. The fourth-order valence-corrected chi connectivity index (χ4v) is 2.37. The summed E-state index contributed by atoms with van der Waals surface area (Å²) in [5.74, 6) is 0.358. The molecule has 2 aromatic rings. The molecule has 0 fully saturated rings. The highest BCUT2D eigenvalue weighted by Gasteiger charge is 2.21. The Morgan fingerprint density at radius 3 is 2.75 bits per heavy atom. The maximum Gasteiger partial charge on any atom is 0.125 e. The predicted molar refractivity (Wildman–Crippen MR) is 65.6 cm³/mol. The zero-order valence-electron chi connectivity index (χ0n) is 9.14. The standard InChI is InChI=1S/C14H13NO/c1-15-9-10-5-2-3-6-11(10)14-12(15)7-4-8-13(14)16/h2-8,16H,9H2,1H3. The molecule has 0 amide bonds. The molecular weight excluding hydrogens is 198 g/mol. The molecule has 1 N–H and O–H groups in total. The Kier molecular flexibility index (Phi) is 1.90. The summed E-state index contributed by atoms with van der Waals surface area (Å²) in [6.07, 6.45) is 0. The minimum atomic E-state index is 0.358. The van der Waals surface area contributed by atoms with Crippen molar-refractivity contribution in [2.45, 2.75) is 6.54 Å². The zero-order chi connectivity index (χ0) is 11.1. The van der Waals surface area contributed by atoms with E-state index in [1.54, 1.807) is 6.07 Å². The lowest BCUT2D eigenvalue weighted by Gasteiger charge is -2.29. The summed E-state index contributed by atoms with van der Waals surface area (Å²) in [6, 6.07) is 13.9. The van der Waals surface area contributed by atoms with E-state index in [0.29, 0.717) is 5.75 Å². The summed E-state index contributed by atoms with van der Waals surface area (Å²) in [5.41, 5.74) is 4.46. The monoisotopic (exact) mass is 211 g/mol. The summed E-state index contributed by atoms with van der Waals surface area (Å²) in [7, 11) is 2.05. The SMILES string of the molecule is CN1Cc2ccccc2-c2c(O)cccc21. The number of fused-ring (bicyclic) bond motifs is 3. The van der Waals surface area contributed by atoms with E-state index in [4.69, 9.17) is 0 Å². The van der Waals surface area contributed by atoms with E-state index < -0.39 is 0 Å². The van der Waals surface area contributed by atoms with Crippen molar-refractivity contribution in [3.63, 3.8) is 0 Å². The van der Waals surface area contributed by atoms with Gasteiger partial charge in [0.25, 0.3) is 0 Å². The van der Waals surface area contributed by atoms with Crippen molar-refractivity contribution >= 4 is 5.69 Å². The first kappa shape index (κ1) is 9.28. The van der Waals surface area contributed by atoms with Gasteiger partial charge in [0.2, 0.25) is 0 Å². The van der Waals surface area contributed by atoms with Crippen LogP contribution in [0.1, 0.15) is 5.56 Å². The molecule has 3 rings (SSSR count). The molecule has 0 spiro atoms. The molecular formula is C14H13NO. The minimum absolute atomic E-state index is 0.358. The first-order valence-electron chi connectivity index (χ1n) is 5.39. The molecule has 0 unspecified atom stereocenters. The van der Waals surface area contributed by atoms with E-state index in [2.05, 4.69) is 17.0 Å². The second-order valence-electron chi connectivity index (χ2n) is 4.18. The molecule has 0 bridgehead atoms. The largest absolute Gasteiger partial charge is 0.507 e. The number of aromatic hydroxyl groups is 1. The van der Waals surface area contributed by atoms with Crippen LogP contribution >= 0.6 is 0 Å². The Morgan fingerprint density at radius 1 is 1.06 bits per heavy atom. The molecule has 0 aromatic heterocycles. The molecule has 0 radical (unpaired) electrons. The third-order valence-electron chi connectivity index (χ3n) is 3.13. The fourth-order valence-electron chi connectivity index (χ4n) is 2.37. The van der Waals surface area contributed by atoms with Crippen LogP contribution in [0.15, 0.2) is 42.5 Å². The van der Waals surface area contributed by atoms with Gasteiger partial charge in [0, 0.05) is 24.8 Å². The zero-order valence-corrected chi connectivity index (χ0v) is 9.14. The molecule has 0 aliphatic carbocycles. The number of hydrogen-bond acceptors (Lipinski definition) is 2. The summed E-state index contributed by atoms with van der Waals surface area (Å²) >= 11 is 0. The van der Waals surface area contributed by atoms with Gasteiger partial charge in [-0.15, -0.1) is 0 Å². The highest BCUT2D eigenvalue weighted by Crippen LogP contribution is 2.43. The summed E-state index contributed by atoms with van der Waals surface area (Å²) < 4.78 is 0. The molecule has 2 nitrogen and oxygen atoms in total. The molecule has 1 heterocycles. The number of anilines is 1. The Hall–Kier alpha value is -1.96. The first-order valence-corrected chi connectivity index (χ1v) is 5.39. The van der Waals surface area contributed by atoms with E-state index >= 15 is 0 Å². The average Bonchev–Trinajstić information content (AvgIpc) is 2.30. The number of hydrogen-bond donors (Lipinski definition) is 1. The Bertz CT molecular complexity index is 548. The van der Waals surface area contributed by atoms with Crippen LogP contribution in [-0.2, 0) is 6.54 Å². The molecule has 2 heteroatoms. The van der Waals surface area contributed by atoms with E-state index in [9.17, 15) is 5.11 Å². The van der Waals surface area contributed by atoms with Crippen LogP contribution in [0, 0.1) is 0 Å². The number of phenolic OH excluding ortho intramolecular Hbond substituents is 1. The van der Waals surface area contributed by atoms with E-state index in [-0.39, 0.29) is 0 Å². The smallest absolute Gasteiger partial charge is 0.125 e. The van der Waals surface area contributed by atoms with Crippen molar-refractivity contribution in [1.29, 1.82) is 0 Å². The summed E-state index contributed by atoms with van der Waals surface area (Å²) in [6.45, 7) is 0.895. The third-order valence-corrected chi connectivity index (χ3v) is 3.13. The van der Waals surface area contributed by atoms with Gasteiger partial charge in [-0.25, -0.2) is 0 Å². The van der Waals surface area contributed by atoms with Crippen LogP contribution in [0.4, 0.5) is 5.69 Å². The van der Waals surface area contributed by atoms with Crippen LogP contribution in [0.5, 0.6) is 5.75 Å². The Labute approximate surface area is 94.8 Å². The maximum absolute atomic E-state index is 9.99. The second-order valence-corrected chi connectivity index (χ2v) is 4.18. The summed E-state index contributed by atoms with van der Waals surface area (Å²) in [5, 5.41) is 9.99. The van der Waals surface area contributed by atoms with Gasteiger partial charge in [0.05, 0.1) is 0 Å². The van der Waals surface area contributed by atoms with Gasteiger partial charge in [-0.2, -0.15) is 0 Å². The number of rotatable bonds is 0. The van der Waals surface area contributed by atoms with Gasteiger partial charge >= 0.3 is 0 Å². The van der Waals surface area contributed by atoms with Gasteiger partial charge in [-0.05, 0) is 23.3 Å². The van der Waals surface area contributed by atoms with E-state index in [1.165, 1.54) is 5.56 Å². The molecule has 1 aliphatic heterocycles. The van der Waals surface area contributed by atoms with Crippen molar-refractivity contribution in [1.82, 2.24) is 0 Å².